The second-order valence-corrected chi connectivity index (χ2v) is 3.81. The van der Waals surface area contributed by atoms with Crippen molar-refractivity contribution in [2.45, 2.75) is 32.7 Å². The Morgan fingerprint density at radius 2 is 2.00 bits per heavy atom. The highest BCUT2D eigenvalue weighted by Gasteiger charge is 2.15. The van der Waals surface area contributed by atoms with Crippen molar-refractivity contribution in [3.8, 4) is 0 Å². The Hall–Kier alpha value is -0.670. The fourth-order valence-corrected chi connectivity index (χ4v) is 0.915. The Balaban J connectivity index is 0.00000144. The summed E-state index contributed by atoms with van der Waals surface area (Å²) in [6.07, 6.45) is 1.76. The van der Waals surface area contributed by atoms with E-state index in [0.717, 1.165) is 5.69 Å². The van der Waals surface area contributed by atoms with E-state index in [0.29, 0.717) is 12.4 Å². The summed E-state index contributed by atoms with van der Waals surface area (Å²) in [5, 5.41) is 0. The average molecular weight is 202 g/mol. The maximum atomic E-state index is 5.44. The summed E-state index contributed by atoms with van der Waals surface area (Å²) in [5.74, 6) is 0.711. The molecule has 3 nitrogen and oxygen atoms in total. The van der Waals surface area contributed by atoms with E-state index in [1.165, 1.54) is 0 Å². The van der Waals surface area contributed by atoms with Gasteiger partial charge in [-0.3, -0.25) is 0 Å². The second-order valence-electron chi connectivity index (χ2n) is 3.81. The van der Waals surface area contributed by atoms with Crippen molar-refractivity contribution < 1.29 is 0 Å². The summed E-state index contributed by atoms with van der Waals surface area (Å²) in [6, 6.07) is 1.93. The van der Waals surface area contributed by atoms with Crippen molar-refractivity contribution in [1.82, 2.24) is 9.97 Å². The molecule has 0 bridgehead atoms. The van der Waals surface area contributed by atoms with E-state index in [1.54, 1.807) is 6.20 Å². The Morgan fingerprint density at radius 1 is 1.38 bits per heavy atom. The molecule has 2 N–H and O–H groups in total. The normalized spacial score (nSPS) is 10.8. The van der Waals surface area contributed by atoms with Gasteiger partial charge in [-0.2, -0.15) is 0 Å². The quantitative estimate of drug-likeness (QED) is 0.752. The predicted molar refractivity (Wildman–Crippen MR) is 55.9 cm³/mol. The van der Waals surface area contributed by atoms with Gasteiger partial charge < -0.3 is 5.73 Å². The van der Waals surface area contributed by atoms with E-state index in [-0.39, 0.29) is 17.8 Å². The maximum absolute atomic E-state index is 5.44. The first kappa shape index (κ1) is 12.3. The summed E-state index contributed by atoms with van der Waals surface area (Å²) in [7, 11) is 0. The van der Waals surface area contributed by atoms with Gasteiger partial charge in [0.1, 0.15) is 5.82 Å². The van der Waals surface area contributed by atoms with Crippen LogP contribution in [0.5, 0.6) is 0 Å². The number of nitrogens with two attached hydrogens (primary N) is 1. The smallest absolute Gasteiger partial charge is 0.142 e. The highest BCUT2D eigenvalue weighted by Crippen LogP contribution is 2.18. The standard InChI is InChI=1S/C9H15N3.ClH/c1-9(2,3)7-4-5-11-8(6-10)12-7;/h4-5H,6,10H2,1-3H3;1H. The minimum atomic E-state index is 0. The van der Waals surface area contributed by atoms with Gasteiger partial charge in [-0.05, 0) is 6.07 Å². The second kappa shape index (κ2) is 4.53. The minimum absolute atomic E-state index is 0. The molecule has 0 fully saturated rings. The summed E-state index contributed by atoms with van der Waals surface area (Å²) < 4.78 is 0. The number of halogens is 1. The third-order valence-corrected chi connectivity index (χ3v) is 1.66. The summed E-state index contributed by atoms with van der Waals surface area (Å²) in [4.78, 5) is 8.36. The summed E-state index contributed by atoms with van der Waals surface area (Å²) in [6.45, 7) is 6.77. The van der Waals surface area contributed by atoms with Crippen molar-refractivity contribution in [1.29, 1.82) is 0 Å². The molecule has 0 aromatic carbocycles. The largest absolute Gasteiger partial charge is 0.324 e. The van der Waals surface area contributed by atoms with Crippen LogP contribution in [-0.2, 0) is 12.0 Å². The molecular weight excluding hydrogens is 186 g/mol. The van der Waals surface area contributed by atoms with Crippen LogP contribution in [-0.4, -0.2) is 9.97 Å². The first-order chi connectivity index (χ1) is 5.54. The highest BCUT2D eigenvalue weighted by molar-refractivity contribution is 5.85. The van der Waals surface area contributed by atoms with Gasteiger partial charge in [0.05, 0.1) is 6.54 Å². The Bertz CT molecular complexity index is 268. The van der Waals surface area contributed by atoms with Crippen LogP contribution in [0.2, 0.25) is 0 Å². The van der Waals surface area contributed by atoms with Crippen LogP contribution >= 0.6 is 12.4 Å². The van der Waals surface area contributed by atoms with Gasteiger partial charge in [-0.1, -0.05) is 20.8 Å². The third-order valence-electron chi connectivity index (χ3n) is 1.66. The maximum Gasteiger partial charge on any atom is 0.142 e. The molecular formula is C9H16ClN3. The lowest BCUT2D eigenvalue weighted by Crippen LogP contribution is -2.16. The van der Waals surface area contributed by atoms with Gasteiger partial charge in [0, 0.05) is 17.3 Å². The highest BCUT2D eigenvalue weighted by atomic mass is 35.5. The van der Waals surface area contributed by atoms with Crippen molar-refractivity contribution in [2.24, 2.45) is 5.73 Å². The number of rotatable bonds is 1. The summed E-state index contributed by atoms with van der Waals surface area (Å²) in [5.41, 5.74) is 6.55. The van der Waals surface area contributed by atoms with Gasteiger partial charge >= 0.3 is 0 Å². The van der Waals surface area contributed by atoms with Gasteiger partial charge in [0.15, 0.2) is 0 Å². The van der Waals surface area contributed by atoms with Gasteiger partial charge in [0.25, 0.3) is 0 Å². The number of hydrogen-bond acceptors (Lipinski definition) is 3. The van der Waals surface area contributed by atoms with E-state index in [1.807, 2.05) is 6.07 Å². The van der Waals surface area contributed by atoms with E-state index in [9.17, 15) is 0 Å². The Morgan fingerprint density at radius 3 is 2.46 bits per heavy atom. The molecule has 0 saturated carbocycles. The van der Waals surface area contributed by atoms with Crippen LogP contribution in [0.15, 0.2) is 12.3 Å². The number of hydrogen-bond donors (Lipinski definition) is 1. The molecule has 4 heteroatoms. The predicted octanol–water partition coefficient (Wildman–Crippen LogP) is 1.65. The Kier molecular flexibility index (Phi) is 4.30. The van der Waals surface area contributed by atoms with Crippen LogP contribution in [0, 0.1) is 0 Å². The third kappa shape index (κ3) is 3.28. The zero-order valence-electron chi connectivity index (χ0n) is 8.24. The molecule has 74 valence electrons. The first-order valence-corrected chi connectivity index (χ1v) is 4.06. The van der Waals surface area contributed by atoms with Crippen LogP contribution in [0.4, 0.5) is 0 Å². The zero-order chi connectivity index (χ0) is 9.19. The Labute approximate surface area is 85.2 Å². The monoisotopic (exact) mass is 201 g/mol. The van der Waals surface area contributed by atoms with Gasteiger partial charge in [0.2, 0.25) is 0 Å². The molecule has 0 aliphatic rings. The molecule has 1 heterocycles. The molecule has 0 radical (unpaired) electrons. The molecule has 0 spiro atoms. The van der Waals surface area contributed by atoms with E-state index < -0.39 is 0 Å². The van der Waals surface area contributed by atoms with Crippen LogP contribution in [0.1, 0.15) is 32.3 Å². The summed E-state index contributed by atoms with van der Waals surface area (Å²) >= 11 is 0. The van der Waals surface area contributed by atoms with E-state index in [2.05, 4.69) is 30.7 Å². The van der Waals surface area contributed by atoms with Gasteiger partial charge in [-0.25, -0.2) is 9.97 Å². The minimum Gasteiger partial charge on any atom is -0.324 e. The van der Waals surface area contributed by atoms with Crippen molar-refractivity contribution in [3.05, 3.63) is 23.8 Å². The lowest BCUT2D eigenvalue weighted by Gasteiger charge is -2.17. The molecule has 0 atom stereocenters. The molecule has 0 unspecified atom stereocenters. The molecule has 0 aliphatic heterocycles. The van der Waals surface area contributed by atoms with Crippen molar-refractivity contribution >= 4 is 12.4 Å². The fourth-order valence-electron chi connectivity index (χ4n) is 0.915. The van der Waals surface area contributed by atoms with E-state index in [4.69, 9.17) is 5.73 Å². The number of aromatic nitrogens is 2. The fraction of sp³-hybridized carbons (Fsp3) is 0.556. The van der Waals surface area contributed by atoms with E-state index >= 15 is 0 Å². The molecule has 13 heavy (non-hydrogen) atoms. The van der Waals surface area contributed by atoms with Crippen LogP contribution < -0.4 is 5.73 Å². The lowest BCUT2D eigenvalue weighted by molar-refractivity contribution is 0.562. The lowest BCUT2D eigenvalue weighted by atomic mass is 9.92. The van der Waals surface area contributed by atoms with Gasteiger partial charge in [-0.15, -0.1) is 12.4 Å². The molecule has 1 aromatic rings. The molecule has 1 rings (SSSR count). The van der Waals surface area contributed by atoms with Crippen molar-refractivity contribution in [2.75, 3.05) is 0 Å². The number of nitrogens with zero attached hydrogens (tertiary/aromatic N) is 2. The SMILES string of the molecule is CC(C)(C)c1ccnc(CN)n1.Cl. The van der Waals surface area contributed by atoms with Crippen LogP contribution in [0.25, 0.3) is 0 Å². The molecule has 1 aromatic heterocycles. The molecule has 0 saturated heterocycles. The molecule has 0 aliphatic carbocycles. The average Bonchev–Trinajstić information content (AvgIpc) is 2.03. The van der Waals surface area contributed by atoms with Crippen molar-refractivity contribution in [3.63, 3.8) is 0 Å². The molecule has 0 amide bonds. The van der Waals surface area contributed by atoms with Crippen LogP contribution in [0.3, 0.4) is 0 Å². The zero-order valence-corrected chi connectivity index (χ0v) is 9.06. The first-order valence-electron chi connectivity index (χ1n) is 4.06. The topological polar surface area (TPSA) is 51.8 Å².